The van der Waals surface area contributed by atoms with Gasteiger partial charge in [-0.2, -0.15) is 0 Å². The molecule has 0 saturated carbocycles. The first-order valence-corrected chi connectivity index (χ1v) is 7.16. The normalized spacial score (nSPS) is 13.5. The third-order valence-corrected chi connectivity index (χ3v) is 3.70. The molecule has 2 aromatic rings. The average molecular weight is 322 g/mol. The highest BCUT2D eigenvalue weighted by Crippen LogP contribution is 2.27. The van der Waals surface area contributed by atoms with E-state index in [1.54, 1.807) is 37.4 Å². The highest BCUT2D eigenvalue weighted by molar-refractivity contribution is 6.32. The maximum atomic E-state index is 12.3. The summed E-state index contributed by atoms with van der Waals surface area (Å²) >= 11 is 0. The molecule has 0 bridgehead atoms. The van der Waals surface area contributed by atoms with Crippen LogP contribution in [0.1, 0.15) is 26.3 Å². The van der Waals surface area contributed by atoms with Crippen LogP contribution < -0.4 is 10.5 Å². The summed E-state index contributed by atoms with van der Waals surface area (Å²) in [6.45, 7) is 0. The van der Waals surface area contributed by atoms with Gasteiger partial charge in [0.15, 0.2) is 0 Å². The van der Waals surface area contributed by atoms with Crippen LogP contribution in [0.2, 0.25) is 0 Å². The Morgan fingerprint density at radius 1 is 1.08 bits per heavy atom. The number of hydrogen-bond donors (Lipinski definition) is 1. The second-order valence-corrected chi connectivity index (χ2v) is 5.16. The van der Waals surface area contributed by atoms with Crippen LogP contribution in [0.4, 0.5) is 5.69 Å². The maximum Gasteiger partial charge on any atom is 0.270 e. The van der Waals surface area contributed by atoms with Crippen LogP contribution in [-0.2, 0) is 4.79 Å². The van der Waals surface area contributed by atoms with Crippen LogP contribution in [0.25, 0.3) is 6.08 Å². The summed E-state index contributed by atoms with van der Waals surface area (Å²) in [6.07, 6.45) is 2.70. The molecule has 0 atom stereocenters. The summed E-state index contributed by atoms with van der Waals surface area (Å²) in [5.41, 5.74) is 6.88. The minimum atomic E-state index is -0.712. The van der Waals surface area contributed by atoms with Gasteiger partial charge in [0.2, 0.25) is 0 Å². The second kappa shape index (κ2) is 6.00. The zero-order valence-electron chi connectivity index (χ0n) is 12.9. The number of carbonyl (C=O) groups excluding carboxylic acids is 3. The lowest BCUT2D eigenvalue weighted by molar-refractivity contribution is -0.121. The Balaban J connectivity index is 1.83. The van der Waals surface area contributed by atoms with Gasteiger partial charge >= 0.3 is 0 Å². The first kappa shape index (κ1) is 15.5. The van der Waals surface area contributed by atoms with E-state index in [1.807, 2.05) is 0 Å². The zero-order valence-corrected chi connectivity index (χ0v) is 12.9. The van der Waals surface area contributed by atoms with Gasteiger partial charge in [-0.1, -0.05) is 18.2 Å². The van der Waals surface area contributed by atoms with Gasteiger partial charge in [0.25, 0.3) is 17.7 Å². The maximum absolute atomic E-state index is 12.3. The third-order valence-electron chi connectivity index (χ3n) is 3.70. The Bertz CT molecular complexity index is 869. The fourth-order valence-corrected chi connectivity index (χ4v) is 2.47. The van der Waals surface area contributed by atoms with Gasteiger partial charge in [-0.25, -0.2) is 4.90 Å². The van der Waals surface area contributed by atoms with Gasteiger partial charge in [0, 0.05) is 11.8 Å². The number of hydrogen-bond acceptors (Lipinski definition) is 5. The fraction of sp³-hybridized carbons (Fsp3) is 0.0556. The molecular weight excluding hydrogens is 308 g/mol. The van der Waals surface area contributed by atoms with Gasteiger partial charge in [-0.3, -0.25) is 14.4 Å². The molecule has 0 saturated heterocycles. The van der Waals surface area contributed by atoms with Crippen molar-refractivity contribution in [1.29, 1.82) is 0 Å². The summed E-state index contributed by atoms with van der Waals surface area (Å²) in [6, 6.07) is 11.6. The molecule has 0 radical (unpaired) electrons. The summed E-state index contributed by atoms with van der Waals surface area (Å²) in [5.74, 6) is -1.38. The van der Waals surface area contributed by atoms with E-state index in [0.717, 1.165) is 5.56 Å². The molecule has 1 aliphatic rings. The number of nitrogen functional groups attached to an aromatic ring is 1. The molecule has 0 spiro atoms. The first-order valence-electron chi connectivity index (χ1n) is 7.16. The Morgan fingerprint density at radius 2 is 1.79 bits per heavy atom. The summed E-state index contributed by atoms with van der Waals surface area (Å²) in [4.78, 5) is 37.5. The van der Waals surface area contributed by atoms with Crippen molar-refractivity contribution >= 4 is 29.5 Å². The van der Waals surface area contributed by atoms with Gasteiger partial charge in [-0.15, -0.1) is 0 Å². The zero-order chi connectivity index (χ0) is 17.3. The molecule has 0 aromatic heterocycles. The standard InChI is InChI=1S/C18H14N2O4/c1-24-12-8-5-11(6-9-12)7-10-15(21)20-17(22)13-3-2-4-14(19)16(13)18(20)23/h2-10H,19H2,1H3. The van der Waals surface area contributed by atoms with Crippen LogP contribution >= 0.6 is 0 Å². The average Bonchev–Trinajstić information content (AvgIpc) is 2.85. The van der Waals surface area contributed by atoms with E-state index in [1.165, 1.54) is 24.3 Å². The topological polar surface area (TPSA) is 89.7 Å². The third kappa shape index (κ3) is 2.54. The predicted octanol–water partition coefficient (Wildman–Crippen LogP) is 2.11. The number of anilines is 1. The molecule has 0 aliphatic carbocycles. The fourth-order valence-electron chi connectivity index (χ4n) is 2.47. The highest BCUT2D eigenvalue weighted by atomic mass is 16.5. The lowest BCUT2D eigenvalue weighted by atomic mass is 10.1. The minimum Gasteiger partial charge on any atom is -0.497 e. The number of ether oxygens (including phenoxy) is 1. The van der Waals surface area contributed by atoms with Crippen molar-refractivity contribution in [2.24, 2.45) is 0 Å². The Morgan fingerprint density at radius 3 is 2.42 bits per heavy atom. The monoisotopic (exact) mass is 322 g/mol. The quantitative estimate of drug-likeness (QED) is 0.531. The molecule has 1 heterocycles. The van der Waals surface area contributed by atoms with Gasteiger partial charge in [-0.05, 0) is 35.9 Å². The lowest BCUT2D eigenvalue weighted by Crippen LogP contribution is -2.34. The van der Waals surface area contributed by atoms with Crippen molar-refractivity contribution in [3.05, 3.63) is 65.2 Å². The number of nitrogens with zero attached hydrogens (tertiary/aromatic N) is 1. The van der Waals surface area contributed by atoms with Crippen molar-refractivity contribution in [3.8, 4) is 5.75 Å². The molecule has 120 valence electrons. The Hall–Kier alpha value is -3.41. The van der Waals surface area contributed by atoms with Crippen LogP contribution in [0, 0.1) is 0 Å². The van der Waals surface area contributed by atoms with E-state index in [-0.39, 0.29) is 16.8 Å². The molecule has 0 fully saturated rings. The number of rotatable bonds is 3. The highest BCUT2D eigenvalue weighted by Gasteiger charge is 2.40. The molecule has 6 heteroatoms. The number of benzene rings is 2. The molecule has 3 rings (SSSR count). The molecule has 3 amide bonds. The van der Waals surface area contributed by atoms with E-state index in [4.69, 9.17) is 10.5 Å². The van der Waals surface area contributed by atoms with Crippen molar-refractivity contribution in [3.63, 3.8) is 0 Å². The molecule has 2 N–H and O–H groups in total. The SMILES string of the molecule is COc1ccc(C=CC(=O)N2C(=O)c3cccc(N)c3C2=O)cc1. The van der Waals surface area contributed by atoms with Crippen LogP contribution in [-0.4, -0.2) is 29.7 Å². The Kier molecular flexibility index (Phi) is 3.87. The summed E-state index contributed by atoms with van der Waals surface area (Å²) in [7, 11) is 1.56. The summed E-state index contributed by atoms with van der Waals surface area (Å²) in [5, 5.41) is 0. The van der Waals surface area contributed by atoms with E-state index in [9.17, 15) is 14.4 Å². The number of fused-ring (bicyclic) bond motifs is 1. The lowest BCUT2D eigenvalue weighted by Gasteiger charge is -2.08. The number of carbonyl (C=O) groups is 3. The smallest absolute Gasteiger partial charge is 0.270 e. The number of methoxy groups -OCH3 is 1. The van der Waals surface area contributed by atoms with Crippen LogP contribution in [0.3, 0.4) is 0 Å². The molecule has 0 unspecified atom stereocenters. The van der Waals surface area contributed by atoms with Crippen molar-refractivity contribution in [2.75, 3.05) is 12.8 Å². The van der Waals surface area contributed by atoms with Gasteiger partial charge in [0.1, 0.15) is 5.75 Å². The molecule has 6 nitrogen and oxygen atoms in total. The molecule has 1 aliphatic heterocycles. The Labute approximate surface area is 138 Å². The number of imide groups is 3. The van der Waals surface area contributed by atoms with E-state index < -0.39 is 17.7 Å². The first-order chi connectivity index (χ1) is 11.5. The summed E-state index contributed by atoms with van der Waals surface area (Å²) < 4.78 is 5.05. The van der Waals surface area contributed by atoms with Crippen LogP contribution in [0.5, 0.6) is 5.75 Å². The van der Waals surface area contributed by atoms with Crippen molar-refractivity contribution in [2.45, 2.75) is 0 Å². The van der Waals surface area contributed by atoms with E-state index in [2.05, 4.69) is 0 Å². The molecule has 24 heavy (non-hydrogen) atoms. The molecular formula is C18H14N2O4. The van der Waals surface area contributed by atoms with Crippen molar-refractivity contribution in [1.82, 2.24) is 4.90 Å². The van der Waals surface area contributed by atoms with Gasteiger partial charge < -0.3 is 10.5 Å². The number of nitrogens with two attached hydrogens (primary N) is 1. The predicted molar refractivity (Wildman–Crippen MR) is 88.4 cm³/mol. The second-order valence-electron chi connectivity index (χ2n) is 5.16. The minimum absolute atomic E-state index is 0.0775. The number of amides is 3. The van der Waals surface area contributed by atoms with E-state index in [0.29, 0.717) is 10.6 Å². The van der Waals surface area contributed by atoms with E-state index >= 15 is 0 Å². The van der Waals surface area contributed by atoms with Gasteiger partial charge in [0.05, 0.1) is 18.2 Å². The van der Waals surface area contributed by atoms with Crippen LogP contribution in [0.15, 0.2) is 48.5 Å². The van der Waals surface area contributed by atoms with Crippen molar-refractivity contribution < 1.29 is 19.1 Å². The largest absolute Gasteiger partial charge is 0.497 e. The molecule has 2 aromatic carbocycles.